The normalized spacial score (nSPS) is 13.2. The average molecular weight is 1010 g/mol. The van der Waals surface area contributed by atoms with E-state index in [1.54, 1.807) is 0 Å². The molecule has 73 heavy (non-hydrogen) atoms. The lowest BCUT2D eigenvalue weighted by molar-refractivity contribution is -0.167. The van der Waals surface area contributed by atoms with E-state index in [2.05, 4.69) is 167 Å². The van der Waals surface area contributed by atoms with Crippen LogP contribution in [-0.2, 0) is 28.6 Å². The first-order chi connectivity index (χ1) is 36.0. The fraction of sp³-hybridized carbons (Fsp3) is 0.597. The van der Waals surface area contributed by atoms with Gasteiger partial charge in [0, 0.05) is 19.3 Å². The number of ether oxygens (including phenoxy) is 3. The molecule has 1 unspecified atom stereocenters. The van der Waals surface area contributed by atoms with Crippen LogP contribution in [0, 0.1) is 0 Å². The van der Waals surface area contributed by atoms with Crippen molar-refractivity contribution in [3.8, 4) is 0 Å². The summed E-state index contributed by atoms with van der Waals surface area (Å²) < 4.78 is 16.8. The zero-order valence-corrected chi connectivity index (χ0v) is 46.8. The van der Waals surface area contributed by atoms with Gasteiger partial charge in [0.2, 0.25) is 0 Å². The highest BCUT2D eigenvalue weighted by Crippen LogP contribution is 2.13. The van der Waals surface area contributed by atoms with E-state index >= 15 is 0 Å². The van der Waals surface area contributed by atoms with Gasteiger partial charge >= 0.3 is 17.9 Å². The van der Waals surface area contributed by atoms with Gasteiger partial charge in [-0.05, 0) is 135 Å². The van der Waals surface area contributed by atoms with Crippen molar-refractivity contribution in [2.45, 2.75) is 245 Å². The van der Waals surface area contributed by atoms with Gasteiger partial charge in [-0.2, -0.15) is 0 Å². The lowest BCUT2D eigenvalue weighted by Crippen LogP contribution is -2.30. The molecule has 0 saturated carbocycles. The third-order valence-electron chi connectivity index (χ3n) is 11.8. The lowest BCUT2D eigenvalue weighted by atomic mass is 10.1. The van der Waals surface area contributed by atoms with Gasteiger partial charge in [0.15, 0.2) is 6.10 Å². The second-order valence-electron chi connectivity index (χ2n) is 18.8. The van der Waals surface area contributed by atoms with Crippen molar-refractivity contribution < 1.29 is 28.6 Å². The van der Waals surface area contributed by atoms with Crippen molar-refractivity contribution in [2.24, 2.45) is 0 Å². The molecule has 0 aromatic heterocycles. The fourth-order valence-corrected chi connectivity index (χ4v) is 7.42. The molecule has 6 nitrogen and oxygen atoms in total. The monoisotopic (exact) mass is 1010 g/mol. The molecule has 0 aromatic carbocycles. The predicted molar refractivity (Wildman–Crippen MR) is 315 cm³/mol. The summed E-state index contributed by atoms with van der Waals surface area (Å²) in [5.74, 6) is -1.00. The van der Waals surface area contributed by atoms with Crippen molar-refractivity contribution in [1.29, 1.82) is 0 Å². The molecule has 0 bridgehead atoms. The molecule has 0 aliphatic heterocycles. The summed E-state index contributed by atoms with van der Waals surface area (Å²) in [6.45, 7) is 6.36. The van der Waals surface area contributed by atoms with E-state index in [0.717, 1.165) is 148 Å². The summed E-state index contributed by atoms with van der Waals surface area (Å²) >= 11 is 0. The van der Waals surface area contributed by atoms with Crippen LogP contribution in [0.2, 0.25) is 0 Å². The molecule has 410 valence electrons. The summed E-state index contributed by atoms with van der Waals surface area (Å²) in [6.07, 6.45) is 85.6. The Balaban J connectivity index is 4.44. The van der Waals surface area contributed by atoms with E-state index in [0.29, 0.717) is 19.3 Å². The maximum absolute atomic E-state index is 12.8. The van der Waals surface area contributed by atoms with E-state index in [-0.39, 0.29) is 37.5 Å². The van der Waals surface area contributed by atoms with Crippen LogP contribution in [0.5, 0.6) is 0 Å². The Bertz CT molecular complexity index is 1630. The van der Waals surface area contributed by atoms with Gasteiger partial charge in [0.25, 0.3) is 0 Å². The predicted octanol–water partition coefficient (Wildman–Crippen LogP) is 20.0. The number of hydrogen-bond acceptors (Lipinski definition) is 6. The summed E-state index contributed by atoms with van der Waals surface area (Å²) in [5.41, 5.74) is 0. The molecular weight excluding hydrogens is 901 g/mol. The molecule has 1 atom stereocenters. The van der Waals surface area contributed by atoms with E-state index in [1.165, 1.54) is 44.9 Å². The Kier molecular flexibility index (Phi) is 56.0. The minimum atomic E-state index is -0.818. The van der Waals surface area contributed by atoms with Crippen LogP contribution in [0.25, 0.3) is 0 Å². The van der Waals surface area contributed by atoms with Gasteiger partial charge in [0.05, 0.1) is 0 Å². The number of carbonyl (C=O) groups is 3. The molecular formula is C67H106O6. The Morgan fingerprint density at radius 2 is 0.575 bits per heavy atom. The Morgan fingerprint density at radius 3 is 0.959 bits per heavy atom. The number of carbonyl (C=O) groups excluding carboxylic acids is 3. The molecule has 0 aliphatic carbocycles. The summed E-state index contributed by atoms with van der Waals surface area (Å²) in [6, 6.07) is 0. The molecule has 6 heteroatoms. The first kappa shape index (κ1) is 68.3. The van der Waals surface area contributed by atoms with Crippen LogP contribution in [0.3, 0.4) is 0 Å². The number of rotatable bonds is 51. The first-order valence-corrected chi connectivity index (χ1v) is 29.3. The third kappa shape index (κ3) is 58.1. The number of allylic oxidation sites excluding steroid dienone is 24. The zero-order valence-electron chi connectivity index (χ0n) is 46.8. The van der Waals surface area contributed by atoms with Crippen LogP contribution >= 0.6 is 0 Å². The van der Waals surface area contributed by atoms with Gasteiger partial charge < -0.3 is 14.2 Å². The molecule has 0 aromatic rings. The van der Waals surface area contributed by atoms with Gasteiger partial charge in [-0.15, -0.1) is 0 Å². The van der Waals surface area contributed by atoms with Crippen LogP contribution in [0.1, 0.15) is 239 Å². The zero-order chi connectivity index (χ0) is 52.9. The smallest absolute Gasteiger partial charge is 0.306 e. The highest BCUT2D eigenvalue weighted by atomic mass is 16.6. The first-order valence-electron chi connectivity index (χ1n) is 29.3. The molecule has 0 amide bonds. The number of esters is 3. The average Bonchev–Trinajstić information content (AvgIpc) is 3.39. The summed E-state index contributed by atoms with van der Waals surface area (Å²) in [5, 5.41) is 0. The van der Waals surface area contributed by atoms with Crippen molar-refractivity contribution in [1.82, 2.24) is 0 Å². The maximum atomic E-state index is 12.8. The third-order valence-corrected chi connectivity index (χ3v) is 11.8. The van der Waals surface area contributed by atoms with E-state index < -0.39 is 6.10 Å². The summed E-state index contributed by atoms with van der Waals surface area (Å²) in [7, 11) is 0. The topological polar surface area (TPSA) is 78.9 Å². The Morgan fingerprint density at radius 1 is 0.288 bits per heavy atom. The van der Waals surface area contributed by atoms with E-state index in [9.17, 15) is 14.4 Å². The fourth-order valence-electron chi connectivity index (χ4n) is 7.42. The Hall–Kier alpha value is -4.71. The summed E-state index contributed by atoms with van der Waals surface area (Å²) in [4.78, 5) is 38.1. The molecule has 0 spiro atoms. The van der Waals surface area contributed by atoms with Gasteiger partial charge in [-0.25, -0.2) is 0 Å². The number of hydrogen-bond donors (Lipinski definition) is 0. The van der Waals surface area contributed by atoms with Gasteiger partial charge in [-0.3, -0.25) is 14.4 Å². The van der Waals surface area contributed by atoms with Crippen LogP contribution in [0.15, 0.2) is 146 Å². The molecule has 0 N–H and O–H groups in total. The molecule has 0 radical (unpaired) electrons. The number of unbranched alkanes of at least 4 members (excludes halogenated alkanes) is 16. The maximum Gasteiger partial charge on any atom is 0.306 e. The van der Waals surface area contributed by atoms with Crippen LogP contribution in [0.4, 0.5) is 0 Å². The highest BCUT2D eigenvalue weighted by Gasteiger charge is 2.19. The second kappa shape index (κ2) is 59.8. The quantitative estimate of drug-likeness (QED) is 0.0261. The van der Waals surface area contributed by atoms with E-state index in [1.807, 2.05) is 0 Å². The minimum Gasteiger partial charge on any atom is -0.462 e. The standard InChI is InChI=1S/C67H106O6/c1-4-7-10-13-16-19-22-25-26-27-28-29-30-31-32-33-34-35-36-37-38-39-40-43-45-48-51-54-57-60-66(69)72-63-64(73-67(70)61-58-55-52-49-46-42-24-21-18-15-12-9-6-3)62-71-65(68)59-56-53-50-47-44-41-23-20-17-14-11-8-5-2/h7,10,12,15-16,19-21,23-26,28-29,31-32,34-35,37-38,40,43,48,51,64H,4-6,8-9,11,13-14,17-18,22,27,30,33,36,39,41-42,44-47,49-50,52-63H2,1-3H3/b10-7-,15-12-,19-16-,23-20-,24-21-,26-25-,29-28-,32-31-,35-34-,38-37-,43-40-,51-48-. The molecule has 0 saturated heterocycles. The van der Waals surface area contributed by atoms with Crippen molar-refractivity contribution in [3.63, 3.8) is 0 Å². The van der Waals surface area contributed by atoms with E-state index in [4.69, 9.17) is 14.2 Å². The molecule has 0 rings (SSSR count). The minimum absolute atomic E-state index is 0.111. The molecule has 0 heterocycles. The van der Waals surface area contributed by atoms with Crippen molar-refractivity contribution in [3.05, 3.63) is 146 Å². The van der Waals surface area contributed by atoms with Crippen LogP contribution < -0.4 is 0 Å². The van der Waals surface area contributed by atoms with Gasteiger partial charge in [0.1, 0.15) is 13.2 Å². The molecule has 0 fully saturated rings. The lowest BCUT2D eigenvalue weighted by Gasteiger charge is -2.18. The van der Waals surface area contributed by atoms with Gasteiger partial charge in [-0.1, -0.05) is 231 Å². The largest absolute Gasteiger partial charge is 0.462 e. The Labute approximate surface area is 448 Å². The van der Waals surface area contributed by atoms with Crippen molar-refractivity contribution in [2.75, 3.05) is 13.2 Å². The van der Waals surface area contributed by atoms with Crippen LogP contribution in [-0.4, -0.2) is 37.2 Å². The van der Waals surface area contributed by atoms with Crippen molar-refractivity contribution >= 4 is 17.9 Å². The second-order valence-corrected chi connectivity index (χ2v) is 18.8. The SMILES string of the molecule is CC/C=C\C/C=C\C/C=C\C/C=C\C/C=C\C/C=C\C/C=C\C/C=C\C/C=C\CCCC(=O)OCC(COC(=O)CCCCCCC/C=C\CCCCCC)OC(=O)CCCCCCC/C=C\C/C=C\CCC. The molecule has 0 aliphatic rings. The highest BCUT2D eigenvalue weighted by molar-refractivity contribution is 5.71.